The second kappa shape index (κ2) is 12.2. The number of thiophene rings is 1. The molecule has 0 aliphatic rings. The molecule has 188 valence electrons. The van der Waals surface area contributed by atoms with Gasteiger partial charge in [0.15, 0.2) is 0 Å². The zero-order valence-corrected chi connectivity index (χ0v) is 21.8. The van der Waals surface area contributed by atoms with Crippen LogP contribution in [0.4, 0.5) is 5.69 Å². The van der Waals surface area contributed by atoms with Gasteiger partial charge in [-0.25, -0.2) is 4.98 Å². The van der Waals surface area contributed by atoms with Crippen LogP contribution in [0, 0.1) is 11.3 Å². The Morgan fingerprint density at radius 2 is 1.81 bits per heavy atom. The highest BCUT2D eigenvalue weighted by Gasteiger charge is 2.18. The number of hydrogen-bond acceptors (Lipinski definition) is 5. The van der Waals surface area contributed by atoms with Crippen LogP contribution in [0.15, 0.2) is 73.2 Å². The summed E-state index contributed by atoms with van der Waals surface area (Å²) in [5.41, 5.74) is 4.41. The number of benzene rings is 2. The highest BCUT2D eigenvalue weighted by molar-refractivity contribution is 7.17. The van der Waals surface area contributed by atoms with Crippen molar-refractivity contribution in [2.24, 2.45) is 0 Å². The van der Waals surface area contributed by atoms with Crippen LogP contribution in [0.25, 0.3) is 10.4 Å². The Hall–Kier alpha value is -4.22. The van der Waals surface area contributed by atoms with Crippen LogP contribution in [0.1, 0.15) is 53.2 Å². The minimum absolute atomic E-state index is 0.0519. The Kier molecular flexibility index (Phi) is 8.49. The third kappa shape index (κ3) is 6.32. The average Bonchev–Trinajstić information content (AvgIpc) is 3.58. The summed E-state index contributed by atoms with van der Waals surface area (Å²) < 4.78 is 2.02. The van der Waals surface area contributed by atoms with E-state index in [0.717, 1.165) is 33.8 Å². The van der Waals surface area contributed by atoms with Crippen molar-refractivity contribution in [3.8, 4) is 16.5 Å². The van der Waals surface area contributed by atoms with Crippen molar-refractivity contribution >= 4 is 28.8 Å². The maximum absolute atomic E-state index is 13.1. The van der Waals surface area contributed by atoms with Gasteiger partial charge in [-0.2, -0.15) is 5.26 Å². The molecule has 4 rings (SSSR count). The highest BCUT2D eigenvalue weighted by atomic mass is 32.1. The Morgan fingerprint density at radius 3 is 2.49 bits per heavy atom. The number of nitriles is 1. The Bertz CT molecular complexity index is 1400. The summed E-state index contributed by atoms with van der Waals surface area (Å²) in [7, 11) is 0. The topological polar surface area (TPSA) is 91.0 Å². The molecule has 2 aromatic carbocycles. The SMILES string of the molecule is CCCC(=O)N(Cc1cncn1Cc1ccc(C#N)cc1)c1ccc(-c2ccc(C(=O)NCC)s2)cc1. The van der Waals surface area contributed by atoms with E-state index >= 15 is 0 Å². The first kappa shape index (κ1) is 25.9. The zero-order chi connectivity index (χ0) is 26.2. The molecule has 0 spiro atoms. The summed E-state index contributed by atoms with van der Waals surface area (Å²) in [5, 5.41) is 11.9. The third-order valence-electron chi connectivity index (χ3n) is 5.95. The lowest BCUT2D eigenvalue weighted by atomic mass is 10.1. The molecular formula is C29H29N5O2S. The second-order valence-electron chi connectivity index (χ2n) is 8.62. The molecule has 0 radical (unpaired) electrons. The van der Waals surface area contributed by atoms with Crippen LogP contribution in [0.3, 0.4) is 0 Å². The fourth-order valence-electron chi connectivity index (χ4n) is 4.01. The van der Waals surface area contributed by atoms with Crippen LogP contribution in [0.5, 0.6) is 0 Å². The van der Waals surface area contributed by atoms with Crippen LogP contribution in [-0.4, -0.2) is 27.9 Å². The van der Waals surface area contributed by atoms with Gasteiger partial charge in [-0.05, 0) is 60.9 Å². The molecule has 7 nitrogen and oxygen atoms in total. The molecule has 2 amide bonds. The van der Waals surface area contributed by atoms with Crippen molar-refractivity contribution in [3.63, 3.8) is 0 Å². The predicted molar refractivity (Wildman–Crippen MR) is 146 cm³/mol. The van der Waals surface area contributed by atoms with Crippen molar-refractivity contribution in [2.75, 3.05) is 11.4 Å². The van der Waals surface area contributed by atoms with Gasteiger partial charge in [0.2, 0.25) is 5.91 Å². The van der Waals surface area contributed by atoms with Crippen LogP contribution >= 0.6 is 11.3 Å². The van der Waals surface area contributed by atoms with Crippen molar-refractivity contribution < 1.29 is 9.59 Å². The molecule has 0 atom stereocenters. The van der Waals surface area contributed by atoms with E-state index in [1.807, 2.05) is 66.9 Å². The van der Waals surface area contributed by atoms with Crippen molar-refractivity contribution in [1.29, 1.82) is 5.26 Å². The number of imidazole rings is 1. The van der Waals surface area contributed by atoms with E-state index < -0.39 is 0 Å². The van der Waals surface area contributed by atoms with E-state index in [9.17, 15) is 9.59 Å². The van der Waals surface area contributed by atoms with E-state index in [1.54, 1.807) is 29.6 Å². The standard InChI is InChI=1S/C29H29N5O2S/c1-3-5-28(35)34(19-25-17-31-20-33(25)18-22-8-6-21(16-30)7-9-22)24-12-10-23(11-13-24)26-14-15-27(37-26)29(36)32-4-2/h6-15,17,20H,3-5,18-19H2,1-2H3,(H,32,36). The third-order valence-corrected chi connectivity index (χ3v) is 7.08. The van der Waals surface area contributed by atoms with Gasteiger partial charge in [0.25, 0.3) is 5.91 Å². The van der Waals surface area contributed by atoms with Gasteiger partial charge in [0.1, 0.15) is 0 Å². The van der Waals surface area contributed by atoms with Gasteiger partial charge >= 0.3 is 0 Å². The van der Waals surface area contributed by atoms with E-state index in [-0.39, 0.29) is 11.8 Å². The molecule has 2 heterocycles. The molecule has 0 fully saturated rings. The second-order valence-corrected chi connectivity index (χ2v) is 9.71. The zero-order valence-electron chi connectivity index (χ0n) is 21.0. The summed E-state index contributed by atoms with van der Waals surface area (Å²) in [6.45, 7) is 5.49. The smallest absolute Gasteiger partial charge is 0.261 e. The van der Waals surface area contributed by atoms with E-state index in [0.29, 0.717) is 36.5 Å². The monoisotopic (exact) mass is 511 g/mol. The summed E-state index contributed by atoms with van der Waals surface area (Å²) in [6, 6.07) is 21.3. The quantitative estimate of drug-likeness (QED) is 0.299. The van der Waals surface area contributed by atoms with Crippen molar-refractivity contribution in [2.45, 2.75) is 39.8 Å². The molecular weight excluding hydrogens is 482 g/mol. The maximum Gasteiger partial charge on any atom is 0.261 e. The van der Waals surface area contributed by atoms with Crippen LogP contribution < -0.4 is 10.2 Å². The first-order chi connectivity index (χ1) is 18.0. The summed E-state index contributed by atoms with van der Waals surface area (Å²) in [4.78, 5) is 33.1. The number of nitrogens with one attached hydrogen (secondary N) is 1. The molecule has 0 unspecified atom stereocenters. The number of carbonyl (C=O) groups excluding carboxylic acids is 2. The fourth-order valence-corrected chi connectivity index (χ4v) is 4.93. The number of nitrogens with zero attached hydrogens (tertiary/aromatic N) is 4. The van der Waals surface area contributed by atoms with Gasteiger partial charge in [-0.15, -0.1) is 11.3 Å². The van der Waals surface area contributed by atoms with Crippen molar-refractivity contribution in [1.82, 2.24) is 14.9 Å². The molecule has 0 bridgehead atoms. The van der Waals surface area contributed by atoms with Crippen molar-refractivity contribution in [3.05, 3.63) is 94.9 Å². The minimum Gasteiger partial charge on any atom is -0.352 e. The number of hydrogen-bond donors (Lipinski definition) is 1. The number of anilines is 1. The van der Waals surface area contributed by atoms with Gasteiger partial charge in [0.05, 0.1) is 35.1 Å². The van der Waals surface area contributed by atoms with Gasteiger partial charge in [0, 0.05) is 36.3 Å². The minimum atomic E-state index is -0.0654. The lowest BCUT2D eigenvalue weighted by Crippen LogP contribution is -2.31. The Balaban J connectivity index is 1.54. The molecule has 1 N–H and O–H groups in total. The van der Waals surface area contributed by atoms with E-state index in [2.05, 4.69) is 16.4 Å². The normalized spacial score (nSPS) is 10.6. The van der Waals surface area contributed by atoms with E-state index in [4.69, 9.17) is 5.26 Å². The first-order valence-corrected chi connectivity index (χ1v) is 13.1. The Morgan fingerprint density at radius 1 is 1.05 bits per heavy atom. The van der Waals surface area contributed by atoms with Gasteiger partial charge < -0.3 is 14.8 Å². The lowest BCUT2D eigenvalue weighted by molar-refractivity contribution is -0.118. The maximum atomic E-state index is 13.1. The molecule has 4 aromatic rings. The number of rotatable bonds is 10. The average molecular weight is 512 g/mol. The molecule has 0 aliphatic carbocycles. The molecule has 0 aliphatic heterocycles. The number of amides is 2. The lowest BCUT2D eigenvalue weighted by Gasteiger charge is -2.24. The van der Waals surface area contributed by atoms with E-state index in [1.165, 1.54) is 11.3 Å². The molecule has 37 heavy (non-hydrogen) atoms. The largest absolute Gasteiger partial charge is 0.352 e. The molecule has 8 heteroatoms. The van der Waals surface area contributed by atoms with Crippen LogP contribution in [0.2, 0.25) is 0 Å². The predicted octanol–water partition coefficient (Wildman–Crippen LogP) is 5.61. The number of carbonyl (C=O) groups is 2. The van der Waals surface area contributed by atoms with Crippen LogP contribution in [-0.2, 0) is 17.9 Å². The summed E-state index contributed by atoms with van der Waals surface area (Å²) in [6.07, 6.45) is 4.77. The highest BCUT2D eigenvalue weighted by Crippen LogP contribution is 2.30. The number of aromatic nitrogens is 2. The summed E-state index contributed by atoms with van der Waals surface area (Å²) >= 11 is 1.45. The molecule has 2 aromatic heterocycles. The molecule has 0 saturated heterocycles. The van der Waals surface area contributed by atoms with Gasteiger partial charge in [-0.3, -0.25) is 9.59 Å². The van der Waals surface area contributed by atoms with Gasteiger partial charge in [-0.1, -0.05) is 31.2 Å². The Labute approximate surface area is 221 Å². The molecule has 0 saturated carbocycles. The fraction of sp³-hybridized carbons (Fsp3) is 0.241. The summed E-state index contributed by atoms with van der Waals surface area (Å²) in [5.74, 6) is -0.0136. The first-order valence-electron chi connectivity index (χ1n) is 12.3.